The van der Waals surface area contributed by atoms with E-state index in [0.717, 1.165) is 13.1 Å². The van der Waals surface area contributed by atoms with E-state index in [-0.39, 0.29) is 22.3 Å². The molecule has 0 aromatic carbocycles. The molecule has 0 aliphatic carbocycles. The second-order valence-electron chi connectivity index (χ2n) is 5.91. The van der Waals surface area contributed by atoms with Gasteiger partial charge >= 0.3 is 0 Å². The summed E-state index contributed by atoms with van der Waals surface area (Å²) in [6.07, 6.45) is 0. The molecule has 0 atom stereocenters. The average Bonchev–Trinajstić information content (AvgIpc) is 2.40. The molecule has 2 rings (SSSR count). The highest BCUT2D eigenvalue weighted by Gasteiger charge is 2.29. The van der Waals surface area contributed by atoms with Crippen LogP contribution in [0.5, 0.6) is 0 Å². The first-order valence-electron chi connectivity index (χ1n) is 6.65. The van der Waals surface area contributed by atoms with Crippen molar-refractivity contribution in [1.82, 2.24) is 14.8 Å². The van der Waals surface area contributed by atoms with Crippen LogP contribution in [0.4, 0.5) is 0 Å². The van der Waals surface area contributed by atoms with E-state index in [9.17, 15) is 4.79 Å². The van der Waals surface area contributed by atoms with Crippen LogP contribution in [0.3, 0.4) is 0 Å². The van der Waals surface area contributed by atoms with Gasteiger partial charge in [-0.05, 0) is 32.9 Å². The lowest BCUT2D eigenvalue weighted by molar-refractivity contribution is 0.0447. The van der Waals surface area contributed by atoms with Crippen molar-refractivity contribution in [2.75, 3.05) is 26.2 Å². The molecule has 0 saturated carbocycles. The van der Waals surface area contributed by atoms with Crippen molar-refractivity contribution in [3.63, 3.8) is 0 Å². The van der Waals surface area contributed by atoms with E-state index in [1.54, 1.807) is 17.0 Å². The molecule has 110 valence electrons. The van der Waals surface area contributed by atoms with E-state index in [4.69, 9.17) is 23.2 Å². The number of hydrogen-bond acceptors (Lipinski definition) is 3. The Labute approximate surface area is 129 Å². The van der Waals surface area contributed by atoms with Crippen molar-refractivity contribution in [3.05, 3.63) is 28.0 Å². The lowest BCUT2D eigenvalue weighted by Gasteiger charge is -2.42. The number of piperazine rings is 1. The molecule has 2 heterocycles. The summed E-state index contributed by atoms with van der Waals surface area (Å²) in [5.41, 5.74) is 0.365. The van der Waals surface area contributed by atoms with Gasteiger partial charge in [0, 0.05) is 31.7 Å². The maximum Gasteiger partial charge on any atom is 0.274 e. The number of halogens is 2. The number of amides is 1. The zero-order valence-corrected chi connectivity index (χ0v) is 13.5. The average molecular weight is 316 g/mol. The van der Waals surface area contributed by atoms with Crippen LogP contribution in [0.2, 0.25) is 10.2 Å². The molecule has 0 bridgehead atoms. The van der Waals surface area contributed by atoms with Gasteiger partial charge in [-0.3, -0.25) is 9.69 Å². The molecule has 0 radical (unpaired) electrons. The first-order chi connectivity index (χ1) is 9.29. The maximum atomic E-state index is 12.4. The van der Waals surface area contributed by atoms with E-state index >= 15 is 0 Å². The molecule has 0 unspecified atom stereocenters. The van der Waals surface area contributed by atoms with Gasteiger partial charge in [-0.2, -0.15) is 0 Å². The smallest absolute Gasteiger partial charge is 0.274 e. The van der Waals surface area contributed by atoms with Crippen molar-refractivity contribution in [1.29, 1.82) is 0 Å². The zero-order valence-electron chi connectivity index (χ0n) is 12.0. The molecule has 1 fully saturated rings. The summed E-state index contributed by atoms with van der Waals surface area (Å²) >= 11 is 11.9. The molecular weight excluding hydrogens is 297 g/mol. The van der Waals surface area contributed by atoms with E-state index in [0.29, 0.717) is 18.1 Å². The summed E-state index contributed by atoms with van der Waals surface area (Å²) < 4.78 is 0. The van der Waals surface area contributed by atoms with Gasteiger partial charge < -0.3 is 4.90 Å². The number of rotatable bonds is 1. The first-order valence-corrected chi connectivity index (χ1v) is 7.41. The second-order valence-corrected chi connectivity index (χ2v) is 6.71. The quantitative estimate of drug-likeness (QED) is 0.748. The molecule has 1 aliphatic rings. The summed E-state index contributed by atoms with van der Waals surface area (Å²) in [4.78, 5) is 20.6. The standard InChI is InChI=1S/C14H19Cl2N3O/c1-14(2,3)19-8-6-18(7-9-19)13(20)12-10(15)4-5-11(16)17-12/h4-5H,6-9H2,1-3H3. The van der Waals surface area contributed by atoms with E-state index in [2.05, 4.69) is 30.7 Å². The van der Waals surface area contributed by atoms with Crippen molar-refractivity contribution in [3.8, 4) is 0 Å². The lowest BCUT2D eigenvalue weighted by Crippen LogP contribution is -2.54. The molecule has 1 aromatic rings. The fourth-order valence-electron chi connectivity index (χ4n) is 2.30. The van der Waals surface area contributed by atoms with Crippen LogP contribution in [0.25, 0.3) is 0 Å². The highest BCUT2D eigenvalue weighted by Crippen LogP contribution is 2.21. The van der Waals surface area contributed by atoms with Crippen LogP contribution in [-0.2, 0) is 0 Å². The van der Waals surface area contributed by atoms with Crippen LogP contribution < -0.4 is 0 Å². The van der Waals surface area contributed by atoms with E-state index in [1.165, 1.54) is 0 Å². The third-order valence-corrected chi connectivity index (χ3v) is 4.05. The zero-order chi connectivity index (χ0) is 14.9. The normalized spacial score (nSPS) is 17.4. The predicted octanol–water partition coefficient (Wildman–Crippen LogP) is 2.94. The minimum absolute atomic E-state index is 0.126. The van der Waals surface area contributed by atoms with Crippen LogP contribution in [0, 0.1) is 0 Å². The second kappa shape index (κ2) is 5.88. The van der Waals surface area contributed by atoms with Crippen molar-refractivity contribution in [2.45, 2.75) is 26.3 Å². The summed E-state index contributed by atoms with van der Waals surface area (Å²) in [7, 11) is 0. The fourth-order valence-corrected chi connectivity index (χ4v) is 2.63. The Morgan fingerprint density at radius 1 is 1.15 bits per heavy atom. The molecule has 1 aliphatic heterocycles. The van der Waals surface area contributed by atoms with Gasteiger partial charge in [0.2, 0.25) is 0 Å². The summed E-state index contributed by atoms with van der Waals surface area (Å²) in [6, 6.07) is 3.19. The highest BCUT2D eigenvalue weighted by molar-refractivity contribution is 6.34. The predicted molar refractivity (Wildman–Crippen MR) is 81.5 cm³/mol. The van der Waals surface area contributed by atoms with Gasteiger partial charge in [0.15, 0.2) is 0 Å². The van der Waals surface area contributed by atoms with Gasteiger partial charge in [-0.25, -0.2) is 4.98 Å². The molecular formula is C14H19Cl2N3O. The minimum atomic E-state index is -0.147. The van der Waals surface area contributed by atoms with Gasteiger partial charge in [0.05, 0.1) is 5.02 Å². The SMILES string of the molecule is CC(C)(C)N1CCN(C(=O)c2nc(Cl)ccc2Cl)CC1. The maximum absolute atomic E-state index is 12.4. The largest absolute Gasteiger partial charge is 0.335 e. The van der Waals surface area contributed by atoms with Gasteiger partial charge in [0.25, 0.3) is 5.91 Å². The van der Waals surface area contributed by atoms with Crippen LogP contribution in [-0.4, -0.2) is 52.4 Å². The Morgan fingerprint density at radius 3 is 2.30 bits per heavy atom. The number of carbonyl (C=O) groups is 1. The Hall–Kier alpha value is -0.840. The summed E-state index contributed by atoms with van der Waals surface area (Å²) in [5, 5.41) is 0.628. The summed E-state index contributed by atoms with van der Waals surface area (Å²) in [5.74, 6) is -0.147. The molecule has 0 spiro atoms. The van der Waals surface area contributed by atoms with Crippen molar-refractivity contribution >= 4 is 29.1 Å². The van der Waals surface area contributed by atoms with Crippen molar-refractivity contribution < 1.29 is 4.79 Å². The van der Waals surface area contributed by atoms with E-state index < -0.39 is 0 Å². The number of aromatic nitrogens is 1. The van der Waals surface area contributed by atoms with Crippen molar-refractivity contribution in [2.24, 2.45) is 0 Å². The Kier molecular flexibility index (Phi) is 4.57. The minimum Gasteiger partial charge on any atom is -0.335 e. The molecule has 1 amide bonds. The van der Waals surface area contributed by atoms with E-state index in [1.807, 2.05) is 0 Å². The van der Waals surface area contributed by atoms with Crippen LogP contribution >= 0.6 is 23.2 Å². The van der Waals surface area contributed by atoms with Crippen LogP contribution in [0.1, 0.15) is 31.3 Å². The lowest BCUT2D eigenvalue weighted by atomic mass is 10.0. The third kappa shape index (κ3) is 3.43. The number of pyridine rings is 1. The molecule has 6 heteroatoms. The molecule has 4 nitrogen and oxygen atoms in total. The number of carbonyl (C=O) groups excluding carboxylic acids is 1. The topological polar surface area (TPSA) is 36.4 Å². The fraction of sp³-hybridized carbons (Fsp3) is 0.571. The highest BCUT2D eigenvalue weighted by atomic mass is 35.5. The third-order valence-electron chi connectivity index (χ3n) is 3.53. The summed E-state index contributed by atoms with van der Waals surface area (Å²) in [6.45, 7) is 9.61. The molecule has 1 saturated heterocycles. The van der Waals surface area contributed by atoms with Gasteiger partial charge in [-0.1, -0.05) is 23.2 Å². The molecule has 0 N–H and O–H groups in total. The monoisotopic (exact) mass is 315 g/mol. The van der Waals surface area contributed by atoms with Crippen LogP contribution in [0.15, 0.2) is 12.1 Å². The van der Waals surface area contributed by atoms with Gasteiger partial charge in [0.1, 0.15) is 10.8 Å². The molecule has 20 heavy (non-hydrogen) atoms. The Bertz CT molecular complexity index is 506. The molecule has 1 aromatic heterocycles. The Morgan fingerprint density at radius 2 is 1.75 bits per heavy atom. The van der Waals surface area contributed by atoms with Gasteiger partial charge in [-0.15, -0.1) is 0 Å². The first kappa shape index (κ1) is 15.5. The number of nitrogens with zero attached hydrogens (tertiary/aromatic N) is 3. The Balaban J connectivity index is 2.07. The number of hydrogen-bond donors (Lipinski definition) is 0.